The molecule has 2 fully saturated rings. The summed E-state index contributed by atoms with van der Waals surface area (Å²) in [5.74, 6) is -2.63. The number of ether oxygens (including phenoxy) is 1. The van der Waals surface area contributed by atoms with Crippen molar-refractivity contribution in [1.29, 1.82) is 0 Å². The number of amides is 2. The summed E-state index contributed by atoms with van der Waals surface area (Å²) in [5, 5.41) is 2.90. The van der Waals surface area contributed by atoms with Crippen molar-refractivity contribution < 1.29 is 23.1 Å². The van der Waals surface area contributed by atoms with Crippen molar-refractivity contribution >= 4 is 28.5 Å². The molecule has 0 unspecified atom stereocenters. The molecule has 7 rings (SSSR count). The van der Waals surface area contributed by atoms with Crippen molar-refractivity contribution in [2.45, 2.75) is 86.3 Å². The molecule has 5 heterocycles. The fourth-order valence-corrected chi connectivity index (χ4v) is 7.56. The molecule has 0 aliphatic carbocycles. The normalized spacial score (nSPS) is 14.5. The molecule has 326 valence electrons. The average molecular weight is 838 g/mol. The lowest BCUT2D eigenvalue weighted by Gasteiger charge is -2.36. The Morgan fingerprint density at radius 1 is 0.820 bits per heavy atom. The van der Waals surface area contributed by atoms with Gasteiger partial charge in [0.1, 0.15) is 22.9 Å². The molecule has 0 spiro atoms. The van der Waals surface area contributed by atoms with Gasteiger partial charge in [-0.3, -0.25) is 24.3 Å². The Hall–Kier alpha value is -5.53. The van der Waals surface area contributed by atoms with Crippen LogP contribution in [0.15, 0.2) is 77.9 Å². The maximum Gasteiger partial charge on any atom is 0.269 e. The minimum absolute atomic E-state index is 0.0604. The number of piperazine rings is 1. The van der Waals surface area contributed by atoms with Crippen molar-refractivity contribution in [2.75, 3.05) is 57.3 Å². The van der Waals surface area contributed by atoms with Crippen LogP contribution in [0.2, 0.25) is 0 Å². The van der Waals surface area contributed by atoms with E-state index in [1.54, 1.807) is 18.3 Å². The Bertz CT molecular complexity index is 2240. The molecule has 11 nitrogen and oxygen atoms in total. The van der Waals surface area contributed by atoms with E-state index < -0.39 is 23.1 Å². The van der Waals surface area contributed by atoms with Crippen LogP contribution in [0.3, 0.4) is 0 Å². The van der Waals surface area contributed by atoms with E-state index in [2.05, 4.69) is 30.1 Å². The molecule has 2 aliphatic heterocycles. The fraction of sp³-hybridized carbons (Fsp3) is 0.438. The molecule has 2 aliphatic rings. The number of nitrogens with zero attached hydrogens (tertiary/aromatic N) is 5. The van der Waals surface area contributed by atoms with Crippen LogP contribution in [-0.4, -0.2) is 95.1 Å². The van der Waals surface area contributed by atoms with Gasteiger partial charge in [0, 0.05) is 70.7 Å². The second kappa shape index (κ2) is 22.9. The molecule has 2 amide bonds. The van der Waals surface area contributed by atoms with Crippen molar-refractivity contribution in [2.24, 2.45) is 0 Å². The molecule has 0 bridgehead atoms. The van der Waals surface area contributed by atoms with E-state index in [-0.39, 0.29) is 17.6 Å². The first-order valence-electron chi connectivity index (χ1n) is 21.9. The van der Waals surface area contributed by atoms with Gasteiger partial charge in [-0.25, -0.2) is 13.8 Å². The minimum atomic E-state index is -0.864. The number of carbonyl (C=O) groups is 2. The number of rotatable bonds is 13. The van der Waals surface area contributed by atoms with Gasteiger partial charge in [0.15, 0.2) is 0 Å². The Balaban J connectivity index is 0.00000171. The number of aromatic amines is 1. The topological polar surface area (TPSA) is 124 Å². The SMILES string of the molecule is CC.CC.CCc1cccc(-c2cc(F)c(C(=O)N3CCC(OCCCNC(=O)c4ccc(N5CCN(Cc6cnc7cc(CC)c(=O)[nH]c7c6)CC5)cn4)CC3)c(F)c2)c1. The first kappa shape index (κ1) is 46.5. The number of fused-ring (bicyclic) bond motifs is 1. The first-order chi connectivity index (χ1) is 29.7. The van der Waals surface area contributed by atoms with Gasteiger partial charge in [0.2, 0.25) is 0 Å². The number of aryl methyl sites for hydroxylation is 2. The molecule has 5 aromatic rings. The number of hydrogen-bond donors (Lipinski definition) is 2. The van der Waals surface area contributed by atoms with E-state index in [9.17, 15) is 14.4 Å². The van der Waals surface area contributed by atoms with Crippen molar-refractivity contribution in [3.8, 4) is 11.1 Å². The van der Waals surface area contributed by atoms with E-state index >= 15 is 8.78 Å². The molecule has 2 saturated heterocycles. The highest BCUT2D eigenvalue weighted by atomic mass is 19.1. The fourth-order valence-electron chi connectivity index (χ4n) is 7.56. The number of aromatic nitrogens is 3. The second-order valence-electron chi connectivity index (χ2n) is 14.8. The van der Waals surface area contributed by atoms with E-state index in [1.807, 2.05) is 84.1 Å². The number of nitrogens with one attached hydrogen (secondary N) is 2. The number of halogens is 2. The van der Waals surface area contributed by atoms with Crippen molar-refractivity contribution in [3.05, 3.63) is 123 Å². The summed E-state index contributed by atoms with van der Waals surface area (Å²) in [6.45, 7) is 17.6. The van der Waals surface area contributed by atoms with Crippen LogP contribution in [0.5, 0.6) is 0 Å². The highest BCUT2D eigenvalue weighted by Gasteiger charge is 2.28. The van der Waals surface area contributed by atoms with E-state index in [0.29, 0.717) is 68.7 Å². The van der Waals surface area contributed by atoms with Gasteiger partial charge in [0.25, 0.3) is 17.4 Å². The molecular formula is C48H61F2N7O4. The first-order valence-corrected chi connectivity index (χ1v) is 21.9. The molecule has 0 atom stereocenters. The summed E-state index contributed by atoms with van der Waals surface area (Å²) >= 11 is 0. The van der Waals surface area contributed by atoms with Crippen LogP contribution in [-0.2, 0) is 24.1 Å². The van der Waals surface area contributed by atoms with Crippen LogP contribution in [0.1, 0.15) is 98.3 Å². The maximum absolute atomic E-state index is 15.1. The van der Waals surface area contributed by atoms with Crippen molar-refractivity contribution in [1.82, 2.24) is 30.1 Å². The minimum Gasteiger partial charge on any atom is -0.378 e. The number of piperidine rings is 1. The number of pyridine rings is 3. The summed E-state index contributed by atoms with van der Waals surface area (Å²) in [5.41, 5.74) is 6.23. The van der Waals surface area contributed by atoms with Crippen LogP contribution < -0.4 is 15.8 Å². The van der Waals surface area contributed by atoms with Crippen LogP contribution in [0, 0.1) is 11.6 Å². The highest BCUT2D eigenvalue weighted by Crippen LogP contribution is 2.27. The number of carbonyl (C=O) groups excluding carboxylic acids is 2. The molecule has 0 saturated carbocycles. The zero-order valence-corrected chi connectivity index (χ0v) is 36.5. The lowest BCUT2D eigenvalue weighted by atomic mass is 9.99. The van der Waals surface area contributed by atoms with E-state index in [0.717, 1.165) is 72.6 Å². The third-order valence-electron chi connectivity index (χ3n) is 10.9. The van der Waals surface area contributed by atoms with E-state index in [4.69, 9.17) is 4.74 Å². The quantitative estimate of drug-likeness (QED) is 0.114. The number of likely N-dealkylation sites (tertiary alicyclic amines) is 1. The van der Waals surface area contributed by atoms with Crippen LogP contribution in [0.25, 0.3) is 22.2 Å². The van der Waals surface area contributed by atoms with Crippen LogP contribution in [0.4, 0.5) is 14.5 Å². The van der Waals surface area contributed by atoms with Gasteiger partial charge >= 0.3 is 0 Å². The summed E-state index contributed by atoms with van der Waals surface area (Å²) in [6, 6.07) is 17.5. The average Bonchev–Trinajstić information content (AvgIpc) is 3.30. The molecular weight excluding hydrogens is 777 g/mol. The lowest BCUT2D eigenvalue weighted by Crippen LogP contribution is -2.46. The van der Waals surface area contributed by atoms with Gasteiger partial charge in [-0.05, 0) is 90.8 Å². The zero-order valence-electron chi connectivity index (χ0n) is 36.5. The second-order valence-corrected chi connectivity index (χ2v) is 14.8. The largest absolute Gasteiger partial charge is 0.378 e. The Morgan fingerprint density at radius 2 is 1.54 bits per heavy atom. The lowest BCUT2D eigenvalue weighted by molar-refractivity contribution is 0.00779. The molecule has 0 radical (unpaired) electrons. The summed E-state index contributed by atoms with van der Waals surface area (Å²) in [7, 11) is 0. The highest BCUT2D eigenvalue weighted by molar-refractivity contribution is 5.95. The summed E-state index contributed by atoms with van der Waals surface area (Å²) in [6.07, 6.45) is 6.72. The maximum atomic E-state index is 15.1. The molecule has 2 N–H and O–H groups in total. The molecule has 3 aromatic heterocycles. The standard InChI is InChI=1S/C44H49F2N7O4.2C2H6/c1-3-29-7-5-8-32(21-29)33-23-36(45)41(37(46)24-33)44(56)53-14-11-35(12-15-53)57-20-6-13-47-43(55)38-10-9-34(27-49-38)52-18-16-51(17-19-52)28-30-22-40-39(48-26-30)25-31(4-2)42(54)50-40;2*1-2/h5,7-10,21-27,35H,3-4,6,11-20,28H2,1-2H3,(H,47,55)(H,50,54);2*1-2H3. The van der Waals surface area contributed by atoms with Crippen LogP contribution >= 0.6 is 0 Å². The predicted octanol–water partition coefficient (Wildman–Crippen LogP) is 8.20. The number of H-pyrrole nitrogens is 1. The number of anilines is 1. The van der Waals surface area contributed by atoms with Gasteiger partial charge in [-0.15, -0.1) is 0 Å². The monoisotopic (exact) mass is 837 g/mol. The third-order valence-corrected chi connectivity index (χ3v) is 10.9. The molecule has 2 aromatic carbocycles. The number of benzene rings is 2. The van der Waals surface area contributed by atoms with Crippen molar-refractivity contribution in [3.63, 3.8) is 0 Å². The molecule has 61 heavy (non-hydrogen) atoms. The van der Waals surface area contributed by atoms with Gasteiger partial charge in [0.05, 0.1) is 29.0 Å². The predicted molar refractivity (Wildman–Crippen MR) is 239 cm³/mol. The van der Waals surface area contributed by atoms with Gasteiger partial charge < -0.3 is 24.8 Å². The van der Waals surface area contributed by atoms with E-state index in [1.165, 1.54) is 17.0 Å². The Kier molecular flexibility index (Phi) is 17.5. The van der Waals surface area contributed by atoms with Gasteiger partial charge in [-0.2, -0.15) is 0 Å². The third kappa shape index (κ3) is 12.1. The molecule has 13 heteroatoms. The Morgan fingerprint density at radius 3 is 2.20 bits per heavy atom. The smallest absolute Gasteiger partial charge is 0.269 e. The Labute approximate surface area is 358 Å². The summed E-state index contributed by atoms with van der Waals surface area (Å²) < 4.78 is 36.3. The number of hydrogen-bond acceptors (Lipinski definition) is 8. The summed E-state index contributed by atoms with van der Waals surface area (Å²) in [4.78, 5) is 56.2. The zero-order chi connectivity index (χ0) is 43.9. The van der Waals surface area contributed by atoms with Gasteiger partial charge in [-0.1, -0.05) is 65.8 Å².